The van der Waals surface area contributed by atoms with E-state index in [1.807, 2.05) is 6.92 Å². The summed E-state index contributed by atoms with van der Waals surface area (Å²) in [4.78, 5) is 37.4. The van der Waals surface area contributed by atoms with E-state index in [1.54, 1.807) is 13.0 Å². The van der Waals surface area contributed by atoms with Crippen molar-refractivity contribution in [1.29, 1.82) is 0 Å². The topological polar surface area (TPSA) is 68.2 Å². The first-order valence-electron chi connectivity index (χ1n) is 7.70. The summed E-state index contributed by atoms with van der Waals surface area (Å²) < 4.78 is 14.2. The Kier molecular flexibility index (Phi) is 5.63. The molecule has 1 aromatic heterocycles. The molecular weight excluding hydrogens is 311 g/mol. The zero-order valence-corrected chi connectivity index (χ0v) is 13.6. The minimum Gasteiger partial charge on any atom is -0.354 e. The molecule has 2 rings (SSSR count). The number of hydrogen-bond acceptors (Lipinski definition) is 3. The lowest BCUT2D eigenvalue weighted by atomic mass is 10.0. The number of pyridine rings is 1. The second-order valence-corrected chi connectivity index (χ2v) is 5.52. The van der Waals surface area contributed by atoms with Crippen LogP contribution in [0.25, 0.3) is 0 Å². The van der Waals surface area contributed by atoms with Gasteiger partial charge in [-0.3, -0.25) is 19.0 Å². The number of carbonyl (C=O) groups excluding carboxylic acids is 2. The number of aromatic nitrogens is 1. The first-order chi connectivity index (χ1) is 11.4. The third kappa shape index (κ3) is 3.95. The van der Waals surface area contributed by atoms with Crippen molar-refractivity contribution in [3.8, 4) is 0 Å². The first-order valence-corrected chi connectivity index (χ1v) is 7.70. The smallest absolute Gasteiger partial charge is 0.251 e. The predicted molar refractivity (Wildman–Crippen MR) is 88.5 cm³/mol. The molecular formula is C18H19FN2O3. The number of halogens is 1. The minimum atomic E-state index is -1.32. The van der Waals surface area contributed by atoms with E-state index < -0.39 is 29.1 Å². The number of hydrogen-bond donors (Lipinski definition) is 1. The third-order valence-electron chi connectivity index (χ3n) is 3.54. The number of Topliss-reactive ketones (excluding diaryl/α,β-unsaturated/α-hetero) is 1. The second kappa shape index (κ2) is 7.68. The molecule has 0 fully saturated rings. The normalized spacial score (nSPS) is 11.8. The molecule has 5 nitrogen and oxygen atoms in total. The van der Waals surface area contributed by atoms with Crippen LogP contribution >= 0.6 is 0 Å². The summed E-state index contributed by atoms with van der Waals surface area (Å²) in [7, 11) is 0. The van der Waals surface area contributed by atoms with Gasteiger partial charge in [0.05, 0.1) is 0 Å². The third-order valence-corrected chi connectivity index (χ3v) is 3.54. The molecule has 0 spiro atoms. The van der Waals surface area contributed by atoms with E-state index in [0.717, 1.165) is 22.3 Å². The zero-order valence-electron chi connectivity index (χ0n) is 13.6. The summed E-state index contributed by atoms with van der Waals surface area (Å²) in [6.07, 6.45) is 2.17. The summed E-state index contributed by atoms with van der Waals surface area (Å²) >= 11 is 0. The van der Waals surface area contributed by atoms with Crippen LogP contribution in [-0.4, -0.2) is 22.8 Å². The van der Waals surface area contributed by atoms with E-state index in [1.165, 1.54) is 24.4 Å². The molecule has 2 aromatic rings. The second-order valence-electron chi connectivity index (χ2n) is 5.52. The number of benzene rings is 1. The average Bonchev–Trinajstić information content (AvgIpc) is 2.56. The van der Waals surface area contributed by atoms with Crippen molar-refractivity contribution in [2.75, 3.05) is 6.54 Å². The molecule has 0 bridgehead atoms. The van der Waals surface area contributed by atoms with Gasteiger partial charge in [0, 0.05) is 24.4 Å². The Morgan fingerprint density at radius 2 is 1.83 bits per heavy atom. The molecule has 24 heavy (non-hydrogen) atoms. The Morgan fingerprint density at radius 1 is 1.17 bits per heavy atom. The maximum atomic E-state index is 13.1. The molecule has 0 aliphatic heterocycles. The number of nitrogens with zero attached hydrogens (tertiary/aromatic N) is 1. The lowest BCUT2D eigenvalue weighted by molar-refractivity contribution is -0.123. The van der Waals surface area contributed by atoms with E-state index in [9.17, 15) is 18.8 Å². The van der Waals surface area contributed by atoms with Crippen LogP contribution in [0, 0.1) is 12.7 Å². The number of rotatable bonds is 6. The number of nitrogens with one attached hydrogen (secondary N) is 1. The summed E-state index contributed by atoms with van der Waals surface area (Å²) in [5.41, 5.74) is 0.462. The van der Waals surface area contributed by atoms with Gasteiger partial charge in [0.1, 0.15) is 5.82 Å². The SMILES string of the molecule is CCCNC(=O)[C@@H](C(=O)c1ccc(F)cc1)n1cc(C)ccc1=O. The summed E-state index contributed by atoms with van der Waals surface area (Å²) in [6, 6.07) is 6.50. The molecule has 1 heterocycles. The van der Waals surface area contributed by atoms with Crippen LogP contribution in [0.3, 0.4) is 0 Å². The van der Waals surface area contributed by atoms with Gasteiger partial charge in [0.15, 0.2) is 11.8 Å². The fourth-order valence-corrected chi connectivity index (χ4v) is 2.31. The Bertz CT molecular complexity index is 797. The van der Waals surface area contributed by atoms with Crippen LogP contribution < -0.4 is 10.9 Å². The molecule has 1 aromatic carbocycles. The molecule has 0 unspecified atom stereocenters. The van der Waals surface area contributed by atoms with Gasteiger partial charge in [0.25, 0.3) is 11.5 Å². The van der Waals surface area contributed by atoms with Crippen LogP contribution in [-0.2, 0) is 4.79 Å². The Balaban J connectivity index is 2.48. The van der Waals surface area contributed by atoms with Crippen molar-refractivity contribution < 1.29 is 14.0 Å². The van der Waals surface area contributed by atoms with Gasteiger partial charge in [-0.05, 0) is 43.2 Å². The van der Waals surface area contributed by atoms with E-state index in [4.69, 9.17) is 0 Å². The van der Waals surface area contributed by atoms with Gasteiger partial charge in [-0.2, -0.15) is 0 Å². The van der Waals surface area contributed by atoms with Crippen LogP contribution in [0.5, 0.6) is 0 Å². The Labute approximate surface area is 139 Å². The molecule has 0 aliphatic rings. The predicted octanol–water partition coefficient (Wildman–Crippen LogP) is 2.25. The van der Waals surface area contributed by atoms with Crippen LogP contribution in [0.4, 0.5) is 4.39 Å². The Morgan fingerprint density at radius 3 is 2.46 bits per heavy atom. The lowest BCUT2D eigenvalue weighted by Gasteiger charge is -2.19. The molecule has 6 heteroatoms. The van der Waals surface area contributed by atoms with E-state index >= 15 is 0 Å². The zero-order chi connectivity index (χ0) is 17.7. The van der Waals surface area contributed by atoms with Crippen LogP contribution in [0.1, 0.15) is 35.3 Å². The van der Waals surface area contributed by atoms with Gasteiger partial charge in [-0.1, -0.05) is 13.0 Å². The maximum absolute atomic E-state index is 13.1. The van der Waals surface area contributed by atoms with Crippen LogP contribution in [0.2, 0.25) is 0 Å². The number of ketones is 1. The quantitative estimate of drug-likeness (QED) is 0.652. The van der Waals surface area contributed by atoms with Crippen molar-refractivity contribution in [3.05, 3.63) is 69.9 Å². The highest BCUT2D eigenvalue weighted by Gasteiger charge is 2.30. The maximum Gasteiger partial charge on any atom is 0.251 e. The largest absolute Gasteiger partial charge is 0.354 e. The Hall–Kier alpha value is -2.76. The van der Waals surface area contributed by atoms with Gasteiger partial charge >= 0.3 is 0 Å². The van der Waals surface area contributed by atoms with E-state index in [-0.39, 0.29) is 5.56 Å². The summed E-state index contributed by atoms with van der Waals surface area (Å²) in [5, 5.41) is 2.65. The first kappa shape index (κ1) is 17.6. The molecule has 0 saturated carbocycles. The highest BCUT2D eigenvalue weighted by molar-refractivity contribution is 6.11. The molecule has 1 amide bonds. The van der Waals surface area contributed by atoms with E-state index in [2.05, 4.69) is 5.32 Å². The summed E-state index contributed by atoms with van der Waals surface area (Å²) in [5.74, 6) is -1.60. The highest BCUT2D eigenvalue weighted by Crippen LogP contribution is 2.15. The van der Waals surface area contributed by atoms with Gasteiger partial charge < -0.3 is 5.32 Å². The molecule has 0 aliphatic carbocycles. The average molecular weight is 330 g/mol. The van der Waals surface area contributed by atoms with E-state index in [0.29, 0.717) is 13.0 Å². The monoisotopic (exact) mass is 330 g/mol. The van der Waals surface area contributed by atoms with Crippen molar-refractivity contribution in [2.45, 2.75) is 26.3 Å². The molecule has 1 N–H and O–H groups in total. The van der Waals surface area contributed by atoms with Gasteiger partial charge in [-0.15, -0.1) is 0 Å². The highest BCUT2D eigenvalue weighted by atomic mass is 19.1. The fourth-order valence-electron chi connectivity index (χ4n) is 2.31. The van der Waals surface area contributed by atoms with Gasteiger partial charge in [-0.25, -0.2) is 4.39 Å². The molecule has 0 radical (unpaired) electrons. The van der Waals surface area contributed by atoms with Crippen molar-refractivity contribution in [2.24, 2.45) is 0 Å². The standard InChI is InChI=1S/C18H19FN2O3/c1-3-10-20-18(24)16(21-11-12(2)4-9-15(21)22)17(23)13-5-7-14(19)8-6-13/h4-9,11,16H,3,10H2,1-2H3,(H,20,24)/t16-/m1/s1. The summed E-state index contributed by atoms with van der Waals surface area (Å²) in [6.45, 7) is 4.04. The molecule has 0 saturated heterocycles. The molecule has 1 atom stereocenters. The lowest BCUT2D eigenvalue weighted by Crippen LogP contribution is -2.41. The number of amides is 1. The van der Waals surface area contributed by atoms with Crippen molar-refractivity contribution in [1.82, 2.24) is 9.88 Å². The van der Waals surface area contributed by atoms with Crippen molar-refractivity contribution in [3.63, 3.8) is 0 Å². The molecule has 126 valence electrons. The minimum absolute atomic E-state index is 0.168. The van der Waals surface area contributed by atoms with Gasteiger partial charge in [0.2, 0.25) is 0 Å². The number of aryl methyl sites for hydroxylation is 1. The fraction of sp³-hybridized carbons (Fsp3) is 0.278. The van der Waals surface area contributed by atoms with Crippen LogP contribution in [0.15, 0.2) is 47.4 Å². The number of carbonyl (C=O) groups is 2. The van der Waals surface area contributed by atoms with Crippen molar-refractivity contribution >= 4 is 11.7 Å².